The van der Waals surface area contributed by atoms with Crippen LogP contribution in [0.4, 0.5) is 5.69 Å². The molecule has 0 spiro atoms. The third-order valence-electron chi connectivity index (χ3n) is 5.76. The van der Waals surface area contributed by atoms with Gasteiger partial charge in [0.1, 0.15) is 5.75 Å². The molecule has 154 valence electrons. The standard InChI is InChI=1S/C22H26N2O4S/c1-24(19-5-3-4-6-20(19)28-2)29(26,27)18-13-11-17(12-14-18)22(25)23-21(15-7-8-15)16-9-10-16/h3-6,11-16,21H,7-10H2,1-2H3,(H,23,25). The summed E-state index contributed by atoms with van der Waals surface area (Å²) in [7, 11) is -0.782. The van der Waals surface area contributed by atoms with Crippen LogP contribution in [0.1, 0.15) is 36.0 Å². The van der Waals surface area contributed by atoms with Crippen LogP contribution >= 0.6 is 0 Å². The van der Waals surface area contributed by atoms with Crippen LogP contribution in [0.15, 0.2) is 53.4 Å². The second kappa shape index (κ2) is 7.71. The summed E-state index contributed by atoms with van der Waals surface area (Å²) in [5.74, 6) is 1.57. The van der Waals surface area contributed by atoms with Crippen molar-refractivity contribution in [1.29, 1.82) is 0 Å². The van der Waals surface area contributed by atoms with Gasteiger partial charge in [0.25, 0.3) is 15.9 Å². The van der Waals surface area contributed by atoms with E-state index in [0.29, 0.717) is 28.8 Å². The van der Waals surface area contributed by atoms with Crippen LogP contribution < -0.4 is 14.4 Å². The highest BCUT2D eigenvalue weighted by Gasteiger charge is 2.42. The minimum absolute atomic E-state index is 0.128. The van der Waals surface area contributed by atoms with Crippen molar-refractivity contribution in [1.82, 2.24) is 5.32 Å². The number of nitrogens with one attached hydrogen (secondary N) is 1. The average molecular weight is 415 g/mol. The molecule has 0 bridgehead atoms. The van der Waals surface area contributed by atoms with Gasteiger partial charge in [-0.3, -0.25) is 9.10 Å². The second-order valence-electron chi connectivity index (χ2n) is 7.84. The fourth-order valence-electron chi connectivity index (χ4n) is 3.72. The van der Waals surface area contributed by atoms with Crippen LogP contribution in [-0.2, 0) is 10.0 Å². The van der Waals surface area contributed by atoms with E-state index >= 15 is 0 Å². The molecule has 0 aromatic heterocycles. The largest absolute Gasteiger partial charge is 0.495 e. The van der Waals surface area contributed by atoms with Crippen molar-refractivity contribution in [3.63, 3.8) is 0 Å². The van der Waals surface area contributed by atoms with E-state index in [9.17, 15) is 13.2 Å². The van der Waals surface area contributed by atoms with Gasteiger partial charge >= 0.3 is 0 Å². The fraction of sp³-hybridized carbons (Fsp3) is 0.409. The van der Waals surface area contributed by atoms with Crippen LogP contribution in [0.25, 0.3) is 0 Å². The SMILES string of the molecule is COc1ccccc1N(C)S(=O)(=O)c1ccc(C(=O)NC(C2CC2)C2CC2)cc1. The number of sulfonamides is 1. The zero-order valence-corrected chi connectivity index (χ0v) is 17.5. The average Bonchev–Trinajstić information content (AvgIpc) is 3.65. The van der Waals surface area contributed by atoms with E-state index in [1.54, 1.807) is 36.4 Å². The Hall–Kier alpha value is -2.54. The highest BCUT2D eigenvalue weighted by Crippen LogP contribution is 2.44. The third kappa shape index (κ3) is 4.10. The summed E-state index contributed by atoms with van der Waals surface area (Å²) in [4.78, 5) is 12.8. The molecule has 29 heavy (non-hydrogen) atoms. The molecule has 2 aromatic rings. The molecule has 0 unspecified atom stereocenters. The lowest BCUT2D eigenvalue weighted by atomic mass is 10.1. The van der Waals surface area contributed by atoms with Gasteiger partial charge < -0.3 is 10.1 Å². The molecule has 0 atom stereocenters. The lowest BCUT2D eigenvalue weighted by Gasteiger charge is -2.22. The number of benzene rings is 2. The maximum atomic E-state index is 13.0. The van der Waals surface area contributed by atoms with Crippen LogP contribution in [0.3, 0.4) is 0 Å². The predicted octanol–water partition coefficient (Wildman–Crippen LogP) is 3.44. The van der Waals surface area contributed by atoms with Crippen molar-refractivity contribution in [2.45, 2.75) is 36.6 Å². The van der Waals surface area contributed by atoms with Gasteiger partial charge in [-0.2, -0.15) is 0 Å². The smallest absolute Gasteiger partial charge is 0.264 e. The number of nitrogens with zero attached hydrogens (tertiary/aromatic N) is 1. The number of anilines is 1. The van der Waals surface area contributed by atoms with Gasteiger partial charge in [-0.05, 0) is 73.9 Å². The molecule has 1 amide bonds. The van der Waals surface area contributed by atoms with Crippen molar-refractivity contribution < 1.29 is 17.9 Å². The minimum Gasteiger partial charge on any atom is -0.495 e. The molecular formula is C22H26N2O4S. The molecule has 0 saturated heterocycles. The number of carbonyl (C=O) groups is 1. The summed E-state index contributed by atoms with van der Waals surface area (Å²) >= 11 is 0. The molecule has 6 nitrogen and oxygen atoms in total. The van der Waals surface area contributed by atoms with Gasteiger partial charge in [0.05, 0.1) is 17.7 Å². The summed E-state index contributed by atoms with van der Waals surface area (Å²) in [5.41, 5.74) is 0.934. The van der Waals surface area contributed by atoms with Gasteiger partial charge in [0.2, 0.25) is 0 Å². The Morgan fingerprint density at radius 2 is 1.62 bits per heavy atom. The van der Waals surface area contributed by atoms with Crippen molar-refractivity contribution in [2.75, 3.05) is 18.5 Å². The van der Waals surface area contributed by atoms with E-state index in [1.165, 1.54) is 56.3 Å². The Balaban J connectivity index is 1.51. The molecule has 2 saturated carbocycles. The zero-order chi connectivity index (χ0) is 20.6. The quantitative estimate of drug-likeness (QED) is 0.718. The van der Waals surface area contributed by atoms with Gasteiger partial charge in [0.15, 0.2) is 0 Å². The van der Waals surface area contributed by atoms with Crippen LogP contribution in [0, 0.1) is 11.8 Å². The van der Waals surface area contributed by atoms with E-state index in [0.717, 1.165) is 0 Å². The number of methoxy groups -OCH3 is 1. The molecule has 1 N–H and O–H groups in total. The summed E-state index contributed by atoms with van der Waals surface area (Å²) in [6.45, 7) is 0. The zero-order valence-electron chi connectivity index (χ0n) is 16.7. The van der Waals surface area contributed by atoms with Gasteiger partial charge in [-0.25, -0.2) is 8.42 Å². The van der Waals surface area contributed by atoms with Gasteiger partial charge in [-0.1, -0.05) is 12.1 Å². The van der Waals surface area contributed by atoms with Crippen molar-refractivity contribution in [2.24, 2.45) is 11.8 Å². The van der Waals surface area contributed by atoms with E-state index in [2.05, 4.69) is 5.32 Å². The van der Waals surface area contributed by atoms with E-state index in [-0.39, 0.29) is 16.8 Å². The molecule has 4 rings (SSSR count). The number of carbonyl (C=O) groups excluding carboxylic acids is 1. The molecule has 7 heteroatoms. The number of ether oxygens (including phenoxy) is 1. The Labute approximate surface area is 171 Å². The molecular weight excluding hydrogens is 388 g/mol. The summed E-state index contributed by atoms with van der Waals surface area (Å²) < 4.78 is 32.5. The number of hydrogen-bond acceptors (Lipinski definition) is 4. The molecule has 0 heterocycles. The minimum atomic E-state index is -3.78. The van der Waals surface area contributed by atoms with Crippen molar-refractivity contribution in [3.05, 3.63) is 54.1 Å². The van der Waals surface area contributed by atoms with Crippen LogP contribution in [-0.4, -0.2) is 34.5 Å². The van der Waals surface area contributed by atoms with Crippen LogP contribution in [0.2, 0.25) is 0 Å². The second-order valence-corrected chi connectivity index (χ2v) is 9.81. The number of para-hydroxylation sites is 2. The molecule has 0 aliphatic heterocycles. The van der Waals surface area contributed by atoms with Crippen LogP contribution in [0.5, 0.6) is 5.75 Å². The van der Waals surface area contributed by atoms with Crippen molar-refractivity contribution >= 4 is 21.6 Å². The first-order chi connectivity index (χ1) is 13.9. The molecule has 2 aliphatic carbocycles. The molecule has 2 fully saturated rings. The first-order valence-corrected chi connectivity index (χ1v) is 11.4. The first-order valence-electron chi connectivity index (χ1n) is 9.94. The third-order valence-corrected chi connectivity index (χ3v) is 7.54. The molecule has 2 aliphatic rings. The monoisotopic (exact) mass is 414 g/mol. The van der Waals surface area contributed by atoms with E-state index in [4.69, 9.17) is 4.74 Å². The normalized spacial score (nSPS) is 16.5. The molecule has 0 radical (unpaired) electrons. The summed E-state index contributed by atoms with van der Waals surface area (Å²) in [5, 5.41) is 3.16. The Bertz CT molecular complexity index is 984. The summed E-state index contributed by atoms with van der Waals surface area (Å²) in [6.07, 6.45) is 4.75. The maximum Gasteiger partial charge on any atom is 0.264 e. The highest BCUT2D eigenvalue weighted by molar-refractivity contribution is 7.92. The van der Waals surface area contributed by atoms with Gasteiger partial charge in [-0.15, -0.1) is 0 Å². The number of hydrogen-bond donors (Lipinski definition) is 1. The highest BCUT2D eigenvalue weighted by atomic mass is 32.2. The Morgan fingerprint density at radius 1 is 1.03 bits per heavy atom. The van der Waals surface area contributed by atoms with E-state index < -0.39 is 10.0 Å². The van der Waals surface area contributed by atoms with Gasteiger partial charge in [0, 0.05) is 18.7 Å². The first kappa shape index (κ1) is 19.8. The Morgan fingerprint density at radius 3 is 2.17 bits per heavy atom. The predicted molar refractivity (Wildman–Crippen MR) is 112 cm³/mol. The number of amides is 1. The molecule has 2 aromatic carbocycles. The lowest BCUT2D eigenvalue weighted by Crippen LogP contribution is -2.38. The van der Waals surface area contributed by atoms with Crippen molar-refractivity contribution in [3.8, 4) is 5.75 Å². The topological polar surface area (TPSA) is 75.7 Å². The maximum absolute atomic E-state index is 13.0. The Kier molecular flexibility index (Phi) is 5.25. The summed E-state index contributed by atoms with van der Waals surface area (Å²) in [6, 6.07) is 13.3. The lowest BCUT2D eigenvalue weighted by molar-refractivity contribution is 0.0926. The number of rotatable bonds is 8. The van der Waals surface area contributed by atoms with E-state index in [1.807, 2.05) is 0 Å². The fourth-order valence-corrected chi connectivity index (χ4v) is 4.93.